The number of esters is 2. The molecule has 2 saturated carbocycles. The van der Waals surface area contributed by atoms with E-state index in [1.165, 1.54) is 0 Å². The van der Waals surface area contributed by atoms with Gasteiger partial charge in [-0.15, -0.1) is 0 Å². The smallest absolute Gasteiger partial charge is 0.324 e. The highest BCUT2D eigenvalue weighted by molar-refractivity contribution is 6.04. The normalized spacial score (nSPS) is 51.5. The van der Waals surface area contributed by atoms with Crippen molar-refractivity contribution in [3.05, 3.63) is 0 Å². The van der Waals surface area contributed by atoms with Crippen molar-refractivity contribution in [3.63, 3.8) is 0 Å². The zero-order valence-electron chi connectivity index (χ0n) is 9.69. The third-order valence-electron chi connectivity index (χ3n) is 5.27. The van der Waals surface area contributed by atoms with Crippen LogP contribution in [0.15, 0.2) is 0 Å². The van der Waals surface area contributed by atoms with Crippen molar-refractivity contribution >= 4 is 11.9 Å². The van der Waals surface area contributed by atoms with E-state index in [0.717, 1.165) is 38.5 Å². The second-order valence-corrected chi connectivity index (χ2v) is 5.83. The molecule has 4 nitrogen and oxygen atoms in total. The molecule has 4 fully saturated rings. The van der Waals surface area contributed by atoms with Gasteiger partial charge in [0.05, 0.1) is 0 Å². The zero-order chi connectivity index (χ0) is 11.6. The van der Waals surface area contributed by atoms with Crippen LogP contribution >= 0.6 is 0 Å². The summed E-state index contributed by atoms with van der Waals surface area (Å²) < 4.78 is 10.9. The summed E-state index contributed by atoms with van der Waals surface area (Å²) in [6, 6.07) is 0. The van der Waals surface area contributed by atoms with E-state index in [-0.39, 0.29) is 36.0 Å². The Labute approximate surface area is 99.6 Å². The molecule has 2 aliphatic heterocycles. The molecule has 92 valence electrons. The molecule has 0 aromatic carbocycles. The highest BCUT2D eigenvalue weighted by Crippen LogP contribution is 2.60. The van der Waals surface area contributed by atoms with Crippen LogP contribution in [0.3, 0.4) is 0 Å². The maximum Gasteiger partial charge on any atom is 0.324 e. The third kappa shape index (κ3) is 0.964. The molecule has 2 aliphatic carbocycles. The number of fused-ring (bicyclic) bond motifs is 4. The van der Waals surface area contributed by atoms with E-state index < -0.39 is 5.41 Å². The quantitative estimate of drug-likeness (QED) is 0.471. The first kappa shape index (κ1) is 9.92. The molecular formula is C13H16O4. The number of carbonyl (C=O) groups excluding carboxylic acids is 2. The van der Waals surface area contributed by atoms with Crippen molar-refractivity contribution in [2.24, 2.45) is 17.3 Å². The van der Waals surface area contributed by atoms with E-state index in [0.29, 0.717) is 0 Å². The molecule has 0 amide bonds. The Kier molecular flexibility index (Phi) is 1.77. The summed E-state index contributed by atoms with van der Waals surface area (Å²) in [5, 5.41) is 0. The summed E-state index contributed by atoms with van der Waals surface area (Å²) >= 11 is 0. The summed E-state index contributed by atoms with van der Waals surface area (Å²) in [4.78, 5) is 24.5. The van der Waals surface area contributed by atoms with Crippen molar-refractivity contribution in [2.45, 2.75) is 50.7 Å². The van der Waals surface area contributed by atoms with Gasteiger partial charge in [-0.3, -0.25) is 9.59 Å². The van der Waals surface area contributed by atoms with Gasteiger partial charge in [-0.2, -0.15) is 0 Å². The van der Waals surface area contributed by atoms with Gasteiger partial charge in [0.15, 0.2) is 5.41 Å². The van der Waals surface area contributed by atoms with Crippen molar-refractivity contribution in [3.8, 4) is 0 Å². The van der Waals surface area contributed by atoms with E-state index in [1.807, 2.05) is 0 Å². The van der Waals surface area contributed by atoms with Crippen LogP contribution in [-0.2, 0) is 19.1 Å². The topological polar surface area (TPSA) is 52.6 Å². The van der Waals surface area contributed by atoms with Gasteiger partial charge in [0.25, 0.3) is 0 Å². The molecule has 5 atom stereocenters. The van der Waals surface area contributed by atoms with Crippen molar-refractivity contribution < 1.29 is 19.1 Å². The molecule has 17 heavy (non-hydrogen) atoms. The van der Waals surface area contributed by atoms with Gasteiger partial charge < -0.3 is 9.47 Å². The minimum absolute atomic E-state index is 0.0191. The fourth-order valence-electron chi connectivity index (χ4n) is 4.61. The molecule has 2 saturated heterocycles. The predicted molar refractivity (Wildman–Crippen MR) is 56.9 cm³/mol. The fraction of sp³-hybridized carbons (Fsp3) is 0.846. The number of hydrogen-bond donors (Lipinski definition) is 0. The van der Waals surface area contributed by atoms with Gasteiger partial charge in [-0.25, -0.2) is 0 Å². The van der Waals surface area contributed by atoms with Gasteiger partial charge in [0.1, 0.15) is 12.2 Å². The largest absolute Gasteiger partial charge is 0.461 e. The van der Waals surface area contributed by atoms with Gasteiger partial charge in [-0.05, 0) is 38.5 Å². The monoisotopic (exact) mass is 236 g/mol. The molecule has 4 heteroatoms. The average molecular weight is 236 g/mol. The second kappa shape index (κ2) is 3.03. The molecule has 1 spiro atoms. The Balaban J connectivity index is 1.83. The van der Waals surface area contributed by atoms with Crippen LogP contribution in [0.1, 0.15) is 38.5 Å². The Bertz CT molecular complexity index is 364. The Morgan fingerprint density at radius 1 is 0.824 bits per heavy atom. The fourth-order valence-corrected chi connectivity index (χ4v) is 4.61. The van der Waals surface area contributed by atoms with E-state index in [9.17, 15) is 9.59 Å². The van der Waals surface area contributed by atoms with Crippen LogP contribution in [0.5, 0.6) is 0 Å². The first-order chi connectivity index (χ1) is 8.24. The number of ether oxygens (including phenoxy) is 2. The number of rotatable bonds is 0. The standard InChI is InChI=1S/C13H16O4/c14-11-13(7-3-1-5-9(7)16-11)8-4-2-6-10(8)17-12(13)15/h7-10H,1-6H2/t7-,8+,9+,10-,13?. The second-order valence-electron chi connectivity index (χ2n) is 5.83. The molecule has 0 aromatic rings. The Morgan fingerprint density at radius 2 is 1.29 bits per heavy atom. The van der Waals surface area contributed by atoms with Gasteiger partial charge in [0, 0.05) is 11.8 Å². The molecule has 0 N–H and O–H groups in total. The number of hydrogen-bond acceptors (Lipinski definition) is 4. The molecule has 0 aromatic heterocycles. The summed E-state index contributed by atoms with van der Waals surface area (Å²) in [5.74, 6) is -0.385. The van der Waals surface area contributed by atoms with E-state index >= 15 is 0 Å². The molecule has 1 unspecified atom stereocenters. The lowest BCUT2D eigenvalue weighted by molar-refractivity contribution is -0.161. The van der Waals surface area contributed by atoms with Crippen molar-refractivity contribution in [1.29, 1.82) is 0 Å². The van der Waals surface area contributed by atoms with E-state index in [1.54, 1.807) is 0 Å². The third-order valence-corrected chi connectivity index (χ3v) is 5.27. The first-order valence-corrected chi connectivity index (χ1v) is 6.66. The van der Waals surface area contributed by atoms with Crippen LogP contribution in [0.2, 0.25) is 0 Å². The molecule has 0 radical (unpaired) electrons. The van der Waals surface area contributed by atoms with Crippen LogP contribution in [0.25, 0.3) is 0 Å². The first-order valence-electron chi connectivity index (χ1n) is 6.66. The SMILES string of the molecule is O=C1O[C@H]2CCC[C@H]2C12C(=O)O[C@@H]1CCC[C@@H]12. The Hall–Kier alpha value is -1.06. The van der Waals surface area contributed by atoms with E-state index in [4.69, 9.17) is 9.47 Å². The lowest BCUT2D eigenvalue weighted by Gasteiger charge is -2.26. The van der Waals surface area contributed by atoms with Crippen molar-refractivity contribution in [2.75, 3.05) is 0 Å². The summed E-state index contributed by atoms with van der Waals surface area (Å²) in [6.07, 6.45) is 5.81. The lowest BCUT2D eigenvalue weighted by atomic mass is 9.67. The minimum Gasteiger partial charge on any atom is -0.461 e. The van der Waals surface area contributed by atoms with Crippen molar-refractivity contribution in [1.82, 2.24) is 0 Å². The maximum atomic E-state index is 12.2. The highest BCUT2D eigenvalue weighted by atomic mass is 16.6. The molecule has 4 rings (SSSR count). The van der Waals surface area contributed by atoms with Gasteiger partial charge in [0.2, 0.25) is 0 Å². The average Bonchev–Trinajstić information content (AvgIpc) is 2.95. The van der Waals surface area contributed by atoms with Gasteiger partial charge >= 0.3 is 11.9 Å². The van der Waals surface area contributed by atoms with Crippen LogP contribution in [-0.4, -0.2) is 24.1 Å². The molecule has 2 heterocycles. The lowest BCUT2D eigenvalue weighted by Crippen LogP contribution is -2.43. The maximum absolute atomic E-state index is 12.2. The summed E-state index contributed by atoms with van der Waals surface area (Å²) in [5.41, 5.74) is -0.914. The molecule has 0 bridgehead atoms. The zero-order valence-corrected chi connectivity index (χ0v) is 9.69. The Morgan fingerprint density at radius 3 is 1.76 bits per heavy atom. The van der Waals surface area contributed by atoms with Crippen LogP contribution in [0.4, 0.5) is 0 Å². The summed E-state index contributed by atoms with van der Waals surface area (Å²) in [6.45, 7) is 0. The van der Waals surface area contributed by atoms with Gasteiger partial charge in [-0.1, -0.05) is 0 Å². The van der Waals surface area contributed by atoms with Crippen LogP contribution < -0.4 is 0 Å². The molecule has 4 aliphatic rings. The minimum atomic E-state index is -0.914. The van der Waals surface area contributed by atoms with E-state index in [2.05, 4.69) is 0 Å². The highest BCUT2D eigenvalue weighted by Gasteiger charge is 2.73. The molecular weight excluding hydrogens is 220 g/mol. The predicted octanol–water partition coefficient (Wildman–Crippen LogP) is 1.42. The van der Waals surface area contributed by atoms with Crippen LogP contribution in [0, 0.1) is 17.3 Å². The summed E-state index contributed by atoms with van der Waals surface area (Å²) in [7, 11) is 0. The number of carbonyl (C=O) groups is 2.